The van der Waals surface area contributed by atoms with E-state index in [0.29, 0.717) is 55.4 Å². The van der Waals surface area contributed by atoms with Crippen molar-refractivity contribution in [3.63, 3.8) is 0 Å². The average molecular weight is 608 g/mol. The van der Waals surface area contributed by atoms with E-state index in [4.69, 9.17) is 21.3 Å². The third kappa shape index (κ3) is 5.87. The maximum Gasteiger partial charge on any atom is 0.230 e. The van der Waals surface area contributed by atoms with Crippen molar-refractivity contribution >= 4 is 29.1 Å². The third-order valence-corrected chi connectivity index (χ3v) is 11.2. The largest absolute Gasteiger partial charge is 0.381 e. The van der Waals surface area contributed by atoms with Crippen molar-refractivity contribution in [2.24, 2.45) is 11.8 Å². The number of aromatic nitrogens is 2. The summed E-state index contributed by atoms with van der Waals surface area (Å²) in [6, 6.07) is 7.66. The second-order valence-corrected chi connectivity index (χ2v) is 14.0. The molecule has 3 atom stereocenters. The number of anilines is 1. The highest BCUT2D eigenvalue weighted by atomic mass is 35.5. The number of halogens is 1. The molecule has 4 aliphatic heterocycles. The van der Waals surface area contributed by atoms with Crippen LogP contribution in [0.4, 0.5) is 5.69 Å². The van der Waals surface area contributed by atoms with Crippen molar-refractivity contribution in [2.75, 3.05) is 37.7 Å². The van der Waals surface area contributed by atoms with Crippen LogP contribution >= 0.6 is 11.6 Å². The predicted octanol–water partition coefficient (Wildman–Crippen LogP) is 5.47. The fourth-order valence-electron chi connectivity index (χ4n) is 8.32. The number of piperidine rings is 1. The summed E-state index contributed by atoms with van der Waals surface area (Å²) >= 11 is 6.51. The van der Waals surface area contributed by atoms with Crippen LogP contribution in [0.5, 0.6) is 0 Å². The van der Waals surface area contributed by atoms with Crippen molar-refractivity contribution in [3.8, 4) is 0 Å². The molecule has 5 aliphatic rings. The van der Waals surface area contributed by atoms with Crippen LogP contribution in [0.1, 0.15) is 86.6 Å². The van der Waals surface area contributed by atoms with Crippen molar-refractivity contribution in [1.82, 2.24) is 19.4 Å². The third-order valence-electron chi connectivity index (χ3n) is 10.8. The summed E-state index contributed by atoms with van der Waals surface area (Å²) in [4.78, 5) is 38.2. The van der Waals surface area contributed by atoms with Gasteiger partial charge in [0.05, 0.1) is 12.2 Å². The summed E-state index contributed by atoms with van der Waals surface area (Å²) in [6.45, 7) is 8.70. The van der Waals surface area contributed by atoms with E-state index in [0.717, 1.165) is 87.2 Å². The van der Waals surface area contributed by atoms with Crippen LogP contribution in [0.25, 0.3) is 0 Å². The molecule has 1 unspecified atom stereocenters. The molecule has 2 aromatic rings. The molecule has 1 aromatic heterocycles. The Morgan fingerprint density at radius 2 is 1.74 bits per heavy atom. The van der Waals surface area contributed by atoms with Gasteiger partial charge in [-0.3, -0.25) is 14.5 Å². The Morgan fingerprint density at radius 3 is 2.44 bits per heavy atom. The Kier molecular flexibility index (Phi) is 8.29. The van der Waals surface area contributed by atoms with Crippen LogP contribution in [0.3, 0.4) is 0 Å². The van der Waals surface area contributed by atoms with Gasteiger partial charge < -0.3 is 19.1 Å². The molecule has 4 fully saturated rings. The zero-order valence-electron chi connectivity index (χ0n) is 25.8. The summed E-state index contributed by atoms with van der Waals surface area (Å²) < 4.78 is 8.09. The molecular formula is C34H46ClN5O3. The van der Waals surface area contributed by atoms with Crippen molar-refractivity contribution < 1.29 is 14.3 Å². The van der Waals surface area contributed by atoms with Gasteiger partial charge in [0.2, 0.25) is 11.8 Å². The lowest BCUT2D eigenvalue weighted by atomic mass is 9.95. The Morgan fingerprint density at radius 1 is 1.00 bits per heavy atom. The molecule has 2 amide bonds. The summed E-state index contributed by atoms with van der Waals surface area (Å²) in [6.07, 6.45) is 10.4. The van der Waals surface area contributed by atoms with Crippen LogP contribution in [0.2, 0.25) is 5.02 Å². The standard InChI is InChI=1S/C34H46ClN5O3/c1-22-4-7-28(20-30(22)35)39(34(42)25-11-16-43-17-12-25)14-3-13-38-26-8-9-27(38)19-29(18-26)40-23(2)36-31-21-37(15-10-32(31)40)33(41)24-5-6-24/h4,7,20,24-27,29H,3,5-6,8-19,21H2,1-2H3/t26-,27+,29?. The molecule has 0 spiro atoms. The van der Waals surface area contributed by atoms with Gasteiger partial charge in [-0.25, -0.2) is 4.98 Å². The van der Waals surface area contributed by atoms with Gasteiger partial charge >= 0.3 is 0 Å². The number of benzene rings is 1. The molecule has 9 heteroatoms. The number of carbonyl (C=O) groups excluding carboxylic acids is 2. The molecule has 43 heavy (non-hydrogen) atoms. The van der Waals surface area contributed by atoms with Crippen LogP contribution in [0, 0.1) is 25.7 Å². The monoisotopic (exact) mass is 607 g/mol. The molecular weight excluding hydrogens is 562 g/mol. The highest BCUT2D eigenvalue weighted by Gasteiger charge is 2.43. The number of carbonyl (C=O) groups is 2. The van der Waals surface area contributed by atoms with Gasteiger partial charge in [0.1, 0.15) is 5.82 Å². The highest BCUT2D eigenvalue weighted by Crippen LogP contribution is 2.43. The minimum absolute atomic E-state index is 0.0176. The number of fused-ring (bicyclic) bond motifs is 3. The molecule has 7 rings (SSSR count). The number of ether oxygens (including phenoxy) is 1. The van der Waals surface area contributed by atoms with E-state index < -0.39 is 0 Å². The second-order valence-electron chi connectivity index (χ2n) is 13.6. The molecule has 0 radical (unpaired) electrons. The lowest BCUT2D eigenvalue weighted by molar-refractivity contribution is -0.133. The Balaban J connectivity index is 1.00. The predicted molar refractivity (Wildman–Crippen MR) is 167 cm³/mol. The van der Waals surface area contributed by atoms with E-state index in [1.54, 1.807) is 0 Å². The van der Waals surface area contributed by atoms with E-state index in [1.165, 1.54) is 18.5 Å². The number of amides is 2. The SMILES string of the molecule is Cc1ccc(N(CCCN2[C@@H]3CC[C@H]2CC(n2c(C)nc4c2CCN(C(=O)C2CC2)C4)C3)C(=O)C2CCOCC2)cc1Cl. The zero-order valence-corrected chi connectivity index (χ0v) is 26.5. The van der Waals surface area contributed by atoms with Gasteiger partial charge in [-0.1, -0.05) is 17.7 Å². The van der Waals surface area contributed by atoms with Gasteiger partial charge in [-0.15, -0.1) is 0 Å². The molecule has 5 heterocycles. The van der Waals surface area contributed by atoms with Gasteiger partial charge in [-0.2, -0.15) is 0 Å². The molecule has 0 N–H and O–H groups in total. The second kappa shape index (κ2) is 12.2. The Hall–Kier alpha value is -2.42. The van der Waals surface area contributed by atoms with Gasteiger partial charge in [0.15, 0.2) is 0 Å². The zero-order chi connectivity index (χ0) is 29.7. The molecule has 1 aromatic carbocycles. The molecule has 1 aliphatic carbocycles. The topological polar surface area (TPSA) is 70.9 Å². The van der Waals surface area contributed by atoms with E-state index in [-0.39, 0.29) is 17.7 Å². The Bertz CT molecular complexity index is 1350. The van der Waals surface area contributed by atoms with E-state index >= 15 is 0 Å². The summed E-state index contributed by atoms with van der Waals surface area (Å²) in [5.41, 5.74) is 4.43. The summed E-state index contributed by atoms with van der Waals surface area (Å²) in [5.74, 6) is 1.95. The lowest BCUT2D eigenvalue weighted by Crippen LogP contribution is -2.46. The first-order valence-electron chi connectivity index (χ1n) is 16.6. The summed E-state index contributed by atoms with van der Waals surface area (Å²) in [5, 5.41) is 0.710. The number of nitrogens with zero attached hydrogens (tertiary/aromatic N) is 5. The van der Waals surface area contributed by atoms with E-state index in [1.807, 2.05) is 34.9 Å². The fourth-order valence-corrected chi connectivity index (χ4v) is 8.49. The smallest absolute Gasteiger partial charge is 0.230 e. The molecule has 3 saturated heterocycles. The highest BCUT2D eigenvalue weighted by molar-refractivity contribution is 6.31. The first-order valence-corrected chi connectivity index (χ1v) is 17.0. The number of aryl methyl sites for hydroxylation is 2. The number of rotatable bonds is 8. The Labute approximate surface area is 260 Å². The summed E-state index contributed by atoms with van der Waals surface area (Å²) in [7, 11) is 0. The van der Waals surface area contributed by atoms with Crippen molar-refractivity contribution in [1.29, 1.82) is 0 Å². The number of imidazole rings is 1. The van der Waals surface area contributed by atoms with Crippen LogP contribution in [0.15, 0.2) is 18.2 Å². The van der Waals surface area contributed by atoms with Gasteiger partial charge in [0.25, 0.3) is 0 Å². The molecule has 2 bridgehead atoms. The van der Waals surface area contributed by atoms with Crippen molar-refractivity contribution in [3.05, 3.63) is 46.0 Å². The first kappa shape index (κ1) is 29.3. The van der Waals surface area contributed by atoms with Gasteiger partial charge in [-0.05, 0) is 89.3 Å². The molecule has 1 saturated carbocycles. The fraction of sp³-hybridized carbons (Fsp3) is 0.676. The van der Waals surface area contributed by atoms with Crippen molar-refractivity contribution in [2.45, 2.75) is 103 Å². The molecule has 8 nitrogen and oxygen atoms in total. The molecule has 232 valence electrons. The normalized spacial score (nSPS) is 26.0. The quantitative estimate of drug-likeness (QED) is 0.398. The number of hydrogen-bond acceptors (Lipinski definition) is 5. The first-order chi connectivity index (χ1) is 20.9. The minimum atomic E-state index is 0.0176. The number of hydrogen-bond donors (Lipinski definition) is 0. The van der Waals surface area contributed by atoms with Gasteiger partial charge in [0, 0.05) is 85.6 Å². The maximum absolute atomic E-state index is 13.7. The average Bonchev–Trinajstić information content (AvgIpc) is 3.77. The van der Waals surface area contributed by atoms with Crippen LogP contribution in [-0.4, -0.2) is 76.1 Å². The lowest BCUT2D eigenvalue weighted by Gasteiger charge is -2.41. The minimum Gasteiger partial charge on any atom is -0.381 e. The van der Waals surface area contributed by atoms with Crippen LogP contribution in [-0.2, 0) is 27.3 Å². The van der Waals surface area contributed by atoms with E-state index in [9.17, 15) is 9.59 Å². The van der Waals surface area contributed by atoms with E-state index in [2.05, 4.69) is 16.4 Å². The maximum atomic E-state index is 13.7. The van der Waals surface area contributed by atoms with Crippen LogP contribution < -0.4 is 4.90 Å².